The van der Waals surface area contributed by atoms with Crippen LogP contribution in [-0.2, 0) is 13.0 Å². The highest BCUT2D eigenvalue weighted by Crippen LogP contribution is 2.09. The summed E-state index contributed by atoms with van der Waals surface area (Å²) in [6.07, 6.45) is 2.87. The largest absolute Gasteiger partial charge is 0.325 e. The molecule has 0 aliphatic rings. The van der Waals surface area contributed by atoms with Gasteiger partial charge in [0.2, 0.25) is 0 Å². The van der Waals surface area contributed by atoms with Crippen molar-refractivity contribution in [3.05, 3.63) is 29.5 Å². The van der Waals surface area contributed by atoms with E-state index in [1.165, 1.54) is 0 Å². The number of nitrogens with two attached hydrogens (primary N) is 1. The average molecular weight is 190 g/mol. The Hall–Kier alpha value is -1.42. The van der Waals surface area contributed by atoms with Gasteiger partial charge in [-0.1, -0.05) is 6.92 Å². The second-order valence-corrected chi connectivity index (χ2v) is 3.31. The second-order valence-electron chi connectivity index (χ2n) is 3.31. The summed E-state index contributed by atoms with van der Waals surface area (Å²) in [6.45, 7) is 4.54. The molecule has 14 heavy (non-hydrogen) atoms. The second kappa shape index (κ2) is 3.38. The highest BCUT2D eigenvalue weighted by Gasteiger charge is 2.04. The van der Waals surface area contributed by atoms with E-state index >= 15 is 0 Å². The molecule has 0 radical (unpaired) electrons. The molecule has 2 aromatic rings. The highest BCUT2D eigenvalue weighted by atomic mass is 15.1. The van der Waals surface area contributed by atoms with E-state index in [9.17, 15) is 0 Å². The van der Waals surface area contributed by atoms with Crippen LogP contribution in [0.4, 0.5) is 0 Å². The molecule has 2 N–H and O–H groups in total. The van der Waals surface area contributed by atoms with Crippen molar-refractivity contribution in [2.75, 3.05) is 0 Å². The van der Waals surface area contributed by atoms with Crippen molar-refractivity contribution in [1.82, 2.24) is 14.4 Å². The Labute approximate surface area is 82.8 Å². The van der Waals surface area contributed by atoms with Crippen LogP contribution in [0.2, 0.25) is 0 Å². The molecule has 0 spiro atoms. The Morgan fingerprint density at radius 2 is 2.14 bits per heavy atom. The van der Waals surface area contributed by atoms with E-state index in [1.54, 1.807) is 0 Å². The third-order valence-electron chi connectivity index (χ3n) is 2.30. The molecule has 2 rings (SSSR count). The van der Waals surface area contributed by atoms with Crippen molar-refractivity contribution in [3.8, 4) is 0 Å². The predicted molar refractivity (Wildman–Crippen MR) is 55.0 cm³/mol. The highest BCUT2D eigenvalue weighted by molar-refractivity contribution is 5.42. The van der Waals surface area contributed by atoms with Crippen LogP contribution in [-0.4, -0.2) is 14.4 Å². The molecule has 0 saturated carbocycles. The molecule has 0 aliphatic heterocycles. The average Bonchev–Trinajstić information content (AvgIpc) is 2.61. The van der Waals surface area contributed by atoms with Gasteiger partial charge >= 0.3 is 0 Å². The fourth-order valence-corrected chi connectivity index (χ4v) is 1.53. The lowest BCUT2D eigenvalue weighted by Gasteiger charge is -2.01. The van der Waals surface area contributed by atoms with Gasteiger partial charge in [-0.25, -0.2) is 9.97 Å². The zero-order valence-corrected chi connectivity index (χ0v) is 8.49. The van der Waals surface area contributed by atoms with Crippen LogP contribution in [0.15, 0.2) is 12.3 Å². The summed E-state index contributed by atoms with van der Waals surface area (Å²) in [5.74, 6) is 0.964. The molecule has 2 aromatic heterocycles. The molecule has 0 bridgehead atoms. The third-order valence-corrected chi connectivity index (χ3v) is 2.30. The van der Waals surface area contributed by atoms with Crippen LogP contribution < -0.4 is 5.73 Å². The van der Waals surface area contributed by atoms with Gasteiger partial charge < -0.3 is 5.73 Å². The van der Waals surface area contributed by atoms with Gasteiger partial charge in [0.05, 0.1) is 5.69 Å². The number of rotatable bonds is 2. The fourth-order valence-electron chi connectivity index (χ4n) is 1.53. The molecule has 4 heteroatoms. The van der Waals surface area contributed by atoms with Gasteiger partial charge in [-0.15, -0.1) is 0 Å². The normalized spacial score (nSPS) is 11.1. The van der Waals surface area contributed by atoms with Gasteiger partial charge in [-0.2, -0.15) is 0 Å². The third kappa shape index (κ3) is 1.37. The van der Waals surface area contributed by atoms with Crippen molar-refractivity contribution in [2.45, 2.75) is 26.8 Å². The number of hydrogen-bond donors (Lipinski definition) is 1. The topological polar surface area (TPSA) is 56.2 Å². The Morgan fingerprint density at radius 1 is 1.36 bits per heavy atom. The van der Waals surface area contributed by atoms with Gasteiger partial charge in [-0.05, 0) is 13.3 Å². The summed E-state index contributed by atoms with van der Waals surface area (Å²) in [7, 11) is 0. The molecular weight excluding hydrogens is 176 g/mol. The van der Waals surface area contributed by atoms with Gasteiger partial charge in [0.25, 0.3) is 0 Å². The zero-order chi connectivity index (χ0) is 10.1. The van der Waals surface area contributed by atoms with Crippen molar-refractivity contribution in [2.24, 2.45) is 5.73 Å². The summed E-state index contributed by atoms with van der Waals surface area (Å²) in [5.41, 5.74) is 8.46. The van der Waals surface area contributed by atoms with E-state index in [-0.39, 0.29) is 0 Å². The lowest BCUT2D eigenvalue weighted by atomic mass is 10.3. The molecule has 4 nitrogen and oxygen atoms in total. The SMILES string of the molecule is CCc1cc2nc(CN)cn2c(C)n1. The predicted octanol–water partition coefficient (Wildman–Crippen LogP) is 1.06. The van der Waals surface area contributed by atoms with Crippen molar-refractivity contribution < 1.29 is 0 Å². The van der Waals surface area contributed by atoms with Crippen LogP contribution in [0.5, 0.6) is 0 Å². The minimum Gasteiger partial charge on any atom is -0.325 e. The monoisotopic (exact) mass is 190 g/mol. The van der Waals surface area contributed by atoms with Crippen LogP contribution >= 0.6 is 0 Å². The quantitative estimate of drug-likeness (QED) is 0.770. The number of aromatic nitrogens is 3. The minimum atomic E-state index is 0.475. The number of imidazole rings is 1. The Morgan fingerprint density at radius 3 is 2.79 bits per heavy atom. The molecule has 0 aliphatic carbocycles. The van der Waals surface area contributed by atoms with E-state index in [0.29, 0.717) is 6.54 Å². The van der Waals surface area contributed by atoms with Gasteiger partial charge in [0.15, 0.2) is 0 Å². The van der Waals surface area contributed by atoms with Crippen molar-refractivity contribution in [3.63, 3.8) is 0 Å². The lowest BCUT2D eigenvalue weighted by molar-refractivity contribution is 0.918. The Bertz CT molecular complexity index is 458. The van der Waals surface area contributed by atoms with Crippen LogP contribution in [0, 0.1) is 6.92 Å². The summed E-state index contributed by atoms with van der Waals surface area (Å²) >= 11 is 0. The molecule has 0 amide bonds. The molecule has 2 heterocycles. The smallest absolute Gasteiger partial charge is 0.140 e. The van der Waals surface area contributed by atoms with E-state index < -0.39 is 0 Å². The fraction of sp³-hybridized carbons (Fsp3) is 0.400. The summed E-state index contributed by atoms with van der Waals surface area (Å²) < 4.78 is 1.97. The van der Waals surface area contributed by atoms with E-state index in [1.807, 2.05) is 23.6 Å². The van der Waals surface area contributed by atoms with E-state index in [2.05, 4.69) is 16.9 Å². The first kappa shape index (κ1) is 9.15. The Balaban J connectivity index is 2.67. The van der Waals surface area contributed by atoms with Crippen molar-refractivity contribution >= 4 is 5.65 Å². The summed E-state index contributed by atoms with van der Waals surface area (Å²) in [6, 6.07) is 2.01. The zero-order valence-electron chi connectivity index (χ0n) is 8.49. The first-order valence-electron chi connectivity index (χ1n) is 4.79. The molecule has 0 aromatic carbocycles. The van der Waals surface area contributed by atoms with Gasteiger partial charge in [0, 0.05) is 24.5 Å². The molecule has 0 fully saturated rings. The minimum absolute atomic E-state index is 0.475. The van der Waals surface area contributed by atoms with Crippen LogP contribution in [0.3, 0.4) is 0 Å². The van der Waals surface area contributed by atoms with Crippen molar-refractivity contribution in [1.29, 1.82) is 0 Å². The molecule has 0 atom stereocenters. The maximum Gasteiger partial charge on any atom is 0.140 e. The number of fused-ring (bicyclic) bond motifs is 1. The standard InChI is InChI=1S/C10H14N4/c1-3-8-4-10-13-9(5-11)6-14(10)7(2)12-8/h4,6H,3,5,11H2,1-2H3. The number of aryl methyl sites for hydroxylation is 2. The molecule has 0 saturated heterocycles. The molecule has 74 valence electrons. The van der Waals surface area contributed by atoms with E-state index in [0.717, 1.165) is 29.3 Å². The van der Waals surface area contributed by atoms with Gasteiger partial charge in [-0.3, -0.25) is 4.40 Å². The number of nitrogens with zero attached hydrogens (tertiary/aromatic N) is 3. The Kier molecular flexibility index (Phi) is 2.21. The molecule has 0 unspecified atom stereocenters. The summed E-state index contributed by atoms with van der Waals surface area (Å²) in [4.78, 5) is 8.85. The lowest BCUT2D eigenvalue weighted by Crippen LogP contribution is -1.98. The van der Waals surface area contributed by atoms with E-state index in [4.69, 9.17) is 5.73 Å². The number of hydrogen-bond acceptors (Lipinski definition) is 3. The first-order valence-corrected chi connectivity index (χ1v) is 4.79. The maximum atomic E-state index is 5.54. The van der Waals surface area contributed by atoms with Crippen LogP contribution in [0.25, 0.3) is 5.65 Å². The van der Waals surface area contributed by atoms with Gasteiger partial charge in [0.1, 0.15) is 11.5 Å². The van der Waals surface area contributed by atoms with Crippen LogP contribution in [0.1, 0.15) is 24.1 Å². The maximum absolute atomic E-state index is 5.54. The first-order chi connectivity index (χ1) is 6.74. The molecular formula is C10H14N4. The summed E-state index contributed by atoms with van der Waals surface area (Å²) in [5, 5.41) is 0.